The average molecular weight is 253 g/mol. The highest BCUT2D eigenvalue weighted by Crippen LogP contribution is 2.33. The van der Waals surface area contributed by atoms with E-state index >= 15 is 0 Å². The van der Waals surface area contributed by atoms with Gasteiger partial charge in [0, 0.05) is 0 Å². The topological polar surface area (TPSA) is 74.7 Å². The van der Waals surface area contributed by atoms with E-state index in [9.17, 15) is 13.2 Å². The van der Waals surface area contributed by atoms with E-state index in [1.807, 2.05) is 0 Å². The van der Waals surface area contributed by atoms with E-state index in [0.29, 0.717) is 0 Å². The van der Waals surface area contributed by atoms with Crippen LogP contribution < -0.4 is 0 Å². The Balaban J connectivity index is 2.75. The number of alkyl halides is 3. The smallest absolute Gasteiger partial charge is 0.388 e. The van der Waals surface area contributed by atoms with Crippen molar-refractivity contribution >= 4 is 22.6 Å². The first-order valence-corrected chi connectivity index (χ1v) is 4.40. The van der Waals surface area contributed by atoms with Crippen LogP contribution in [-0.4, -0.2) is 25.3 Å². The number of nitrogens with one attached hydrogen (secondary N) is 1. The standard InChI is InChI=1S/C7H4ClF3N4O/c8-6-4-3(12-2(1-16)13-6)5(15-14-4)7(9,10)11/h16H,1H2,(H,14,15). The SMILES string of the molecule is OCc1nc(Cl)c2n[nH]c(C(F)(F)F)c2n1. The molecule has 0 unspecified atom stereocenters. The second-order valence-corrected chi connectivity index (χ2v) is 3.24. The zero-order chi connectivity index (χ0) is 11.9. The van der Waals surface area contributed by atoms with Gasteiger partial charge in [0.2, 0.25) is 0 Å². The monoisotopic (exact) mass is 252 g/mol. The maximum Gasteiger partial charge on any atom is 0.434 e. The van der Waals surface area contributed by atoms with E-state index in [0.717, 1.165) is 0 Å². The van der Waals surface area contributed by atoms with Gasteiger partial charge < -0.3 is 5.11 Å². The van der Waals surface area contributed by atoms with Gasteiger partial charge in [-0.05, 0) is 0 Å². The lowest BCUT2D eigenvalue weighted by molar-refractivity contribution is -0.140. The number of hydrogen-bond acceptors (Lipinski definition) is 4. The number of aliphatic hydroxyl groups is 1. The molecule has 16 heavy (non-hydrogen) atoms. The van der Waals surface area contributed by atoms with Crippen molar-refractivity contribution in [1.82, 2.24) is 20.2 Å². The Morgan fingerprint density at radius 2 is 1.94 bits per heavy atom. The fraction of sp³-hybridized carbons (Fsp3) is 0.286. The third kappa shape index (κ3) is 1.69. The van der Waals surface area contributed by atoms with Crippen LogP contribution in [0.25, 0.3) is 11.0 Å². The maximum atomic E-state index is 12.5. The van der Waals surface area contributed by atoms with Crippen LogP contribution in [0, 0.1) is 0 Å². The molecular formula is C7H4ClF3N4O. The molecule has 0 aliphatic carbocycles. The lowest BCUT2D eigenvalue weighted by atomic mass is 10.3. The molecule has 0 radical (unpaired) electrons. The molecule has 0 saturated carbocycles. The first-order valence-electron chi connectivity index (χ1n) is 4.02. The van der Waals surface area contributed by atoms with Crippen LogP contribution in [0.2, 0.25) is 5.15 Å². The summed E-state index contributed by atoms with van der Waals surface area (Å²) in [6.45, 7) is -0.599. The Kier molecular flexibility index (Phi) is 2.47. The zero-order valence-corrected chi connectivity index (χ0v) is 8.26. The Labute approximate surface area is 91.3 Å². The predicted molar refractivity (Wildman–Crippen MR) is 47.6 cm³/mol. The van der Waals surface area contributed by atoms with Gasteiger partial charge in [0.05, 0.1) is 0 Å². The van der Waals surface area contributed by atoms with Gasteiger partial charge in [0.1, 0.15) is 17.6 Å². The number of aromatic amines is 1. The predicted octanol–water partition coefficient (Wildman–Crippen LogP) is 1.52. The van der Waals surface area contributed by atoms with E-state index in [2.05, 4.69) is 15.1 Å². The molecule has 0 amide bonds. The summed E-state index contributed by atoms with van der Waals surface area (Å²) >= 11 is 5.59. The first kappa shape index (κ1) is 11.1. The van der Waals surface area contributed by atoms with Crippen LogP contribution in [0.5, 0.6) is 0 Å². The van der Waals surface area contributed by atoms with Crippen LogP contribution in [-0.2, 0) is 12.8 Å². The van der Waals surface area contributed by atoms with E-state index < -0.39 is 24.0 Å². The minimum Gasteiger partial charge on any atom is -0.388 e. The molecule has 0 bridgehead atoms. The molecule has 0 spiro atoms. The van der Waals surface area contributed by atoms with Gasteiger partial charge in [-0.3, -0.25) is 5.10 Å². The highest BCUT2D eigenvalue weighted by molar-refractivity contribution is 6.33. The molecule has 0 aliphatic heterocycles. The number of aromatic nitrogens is 4. The van der Waals surface area contributed by atoms with Crippen molar-refractivity contribution in [3.8, 4) is 0 Å². The van der Waals surface area contributed by atoms with E-state index in [1.54, 1.807) is 5.10 Å². The minimum absolute atomic E-state index is 0.175. The van der Waals surface area contributed by atoms with Crippen LogP contribution in [0.15, 0.2) is 0 Å². The van der Waals surface area contributed by atoms with Crippen molar-refractivity contribution in [2.24, 2.45) is 0 Å². The minimum atomic E-state index is -4.61. The summed E-state index contributed by atoms with van der Waals surface area (Å²) < 4.78 is 37.4. The molecule has 0 aromatic carbocycles. The zero-order valence-electron chi connectivity index (χ0n) is 7.51. The Morgan fingerprint density at radius 3 is 2.50 bits per heavy atom. The van der Waals surface area contributed by atoms with Crippen LogP contribution >= 0.6 is 11.6 Å². The number of nitrogens with zero attached hydrogens (tertiary/aromatic N) is 3. The quantitative estimate of drug-likeness (QED) is 0.755. The molecule has 0 saturated heterocycles. The molecular weight excluding hydrogens is 249 g/mol. The first-order chi connectivity index (χ1) is 7.43. The fourth-order valence-corrected chi connectivity index (χ4v) is 1.41. The molecule has 0 fully saturated rings. The molecule has 2 aromatic heterocycles. The van der Waals surface area contributed by atoms with Crippen molar-refractivity contribution in [3.63, 3.8) is 0 Å². The van der Waals surface area contributed by atoms with Gasteiger partial charge in [-0.15, -0.1) is 0 Å². The number of aliphatic hydroxyl groups excluding tert-OH is 1. The van der Waals surface area contributed by atoms with Crippen molar-refractivity contribution in [2.75, 3.05) is 0 Å². The van der Waals surface area contributed by atoms with Gasteiger partial charge in [-0.2, -0.15) is 18.3 Å². The highest BCUT2D eigenvalue weighted by atomic mass is 35.5. The molecule has 0 atom stereocenters. The van der Waals surface area contributed by atoms with E-state index in [-0.39, 0.29) is 16.5 Å². The molecule has 5 nitrogen and oxygen atoms in total. The maximum absolute atomic E-state index is 12.5. The van der Waals surface area contributed by atoms with Gasteiger partial charge in [-0.25, -0.2) is 9.97 Å². The number of hydrogen-bond donors (Lipinski definition) is 2. The van der Waals surface area contributed by atoms with Crippen molar-refractivity contribution < 1.29 is 18.3 Å². The molecule has 2 heterocycles. The third-order valence-corrected chi connectivity index (χ3v) is 2.09. The van der Waals surface area contributed by atoms with Crippen LogP contribution in [0.1, 0.15) is 11.5 Å². The summed E-state index contributed by atoms with van der Waals surface area (Å²) in [6.07, 6.45) is -4.61. The third-order valence-electron chi connectivity index (χ3n) is 1.83. The van der Waals surface area contributed by atoms with Gasteiger partial charge in [0.25, 0.3) is 0 Å². The summed E-state index contributed by atoms with van der Waals surface area (Å²) in [7, 11) is 0. The summed E-state index contributed by atoms with van der Waals surface area (Å²) in [6, 6.07) is 0. The number of fused-ring (bicyclic) bond motifs is 1. The molecule has 9 heteroatoms. The average Bonchev–Trinajstić information content (AvgIpc) is 2.60. The number of H-pyrrole nitrogens is 1. The van der Waals surface area contributed by atoms with Crippen molar-refractivity contribution in [3.05, 3.63) is 16.7 Å². The second-order valence-electron chi connectivity index (χ2n) is 2.88. The largest absolute Gasteiger partial charge is 0.434 e. The Morgan fingerprint density at radius 1 is 1.25 bits per heavy atom. The Hall–Kier alpha value is -1.41. The lowest BCUT2D eigenvalue weighted by Crippen LogP contribution is -2.07. The van der Waals surface area contributed by atoms with Gasteiger partial charge >= 0.3 is 6.18 Å². The molecule has 86 valence electrons. The molecule has 2 N–H and O–H groups in total. The summed E-state index contributed by atoms with van der Waals surface area (Å²) in [5, 5.41) is 13.7. The van der Waals surface area contributed by atoms with Crippen LogP contribution in [0.4, 0.5) is 13.2 Å². The number of halogens is 4. The molecule has 0 aliphatic rings. The lowest BCUT2D eigenvalue weighted by Gasteiger charge is -2.03. The second kappa shape index (κ2) is 3.56. The van der Waals surface area contributed by atoms with E-state index in [4.69, 9.17) is 16.7 Å². The van der Waals surface area contributed by atoms with Gasteiger partial charge in [0.15, 0.2) is 16.7 Å². The molecule has 2 rings (SSSR count). The summed E-state index contributed by atoms with van der Waals surface area (Å²) in [5.41, 5.74) is -1.73. The highest BCUT2D eigenvalue weighted by Gasteiger charge is 2.36. The summed E-state index contributed by atoms with van der Waals surface area (Å²) in [5.74, 6) is -0.190. The Bertz CT molecular complexity index is 538. The van der Waals surface area contributed by atoms with Gasteiger partial charge in [-0.1, -0.05) is 11.6 Å². The van der Waals surface area contributed by atoms with Crippen LogP contribution in [0.3, 0.4) is 0 Å². The summed E-state index contributed by atoms with van der Waals surface area (Å²) in [4.78, 5) is 7.09. The number of rotatable bonds is 1. The van der Waals surface area contributed by atoms with Crippen molar-refractivity contribution in [2.45, 2.75) is 12.8 Å². The normalized spacial score (nSPS) is 12.3. The van der Waals surface area contributed by atoms with E-state index in [1.165, 1.54) is 0 Å². The fourth-order valence-electron chi connectivity index (χ4n) is 1.18. The molecule has 2 aromatic rings. The van der Waals surface area contributed by atoms with Crippen molar-refractivity contribution in [1.29, 1.82) is 0 Å².